The predicted octanol–water partition coefficient (Wildman–Crippen LogP) is 3.55. The van der Waals surface area contributed by atoms with Gasteiger partial charge in [-0.15, -0.1) is 5.10 Å². The molecular weight excluding hydrogens is 333 g/mol. The summed E-state index contributed by atoms with van der Waals surface area (Å²) in [6.07, 6.45) is 3.34. The van der Waals surface area contributed by atoms with Crippen LogP contribution >= 0.6 is 11.6 Å². The number of anilines is 1. The van der Waals surface area contributed by atoms with Crippen LogP contribution in [0.2, 0.25) is 5.02 Å². The van der Waals surface area contributed by atoms with Crippen molar-refractivity contribution < 1.29 is 9.13 Å². The van der Waals surface area contributed by atoms with Crippen LogP contribution in [0.25, 0.3) is 11.8 Å². The minimum absolute atomic E-state index is 0.321. The number of benzene rings is 2. The standard InChI is InChI=1S/C16H13ClFN5O/c1-24-13-6-7-14(17)15(10-13)19-9-8-16-20-21-22-23(16)12-4-2-11(18)3-5-12/h2-10,19H,1H3/b9-8+. The van der Waals surface area contributed by atoms with Crippen molar-refractivity contribution in [2.24, 2.45) is 0 Å². The van der Waals surface area contributed by atoms with Crippen LogP contribution in [0, 0.1) is 5.82 Å². The van der Waals surface area contributed by atoms with E-state index in [2.05, 4.69) is 20.8 Å². The van der Waals surface area contributed by atoms with Crippen molar-refractivity contribution in [3.63, 3.8) is 0 Å². The highest BCUT2D eigenvalue weighted by molar-refractivity contribution is 6.33. The molecule has 0 aliphatic rings. The van der Waals surface area contributed by atoms with Gasteiger partial charge in [-0.1, -0.05) is 11.6 Å². The fraction of sp³-hybridized carbons (Fsp3) is 0.0625. The van der Waals surface area contributed by atoms with Crippen LogP contribution < -0.4 is 10.1 Å². The lowest BCUT2D eigenvalue weighted by atomic mass is 10.3. The van der Waals surface area contributed by atoms with Crippen molar-refractivity contribution in [3.05, 3.63) is 65.3 Å². The van der Waals surface area contributed by atoms with E-state index in [1.807, 2.05) is 0 Å². The molecule has 8 heteroatoms. The molecule has 0 bridgehead atoms. The second kappa shape index (κ2) is 7.10. The molecule has 0 amide bonds. The number of hydrogen-bond acceptors (Lipinski definition) is 5. The maximum absolute atomic E-state index is 13.0. The Labute approximate surface area is 142 Å². The molecule has 0 spiro atoms. The SMILES string of the molecule is COc1ccc(Cl)c(N/C=C/c2nnnn2-c2ccc(F)cc2)c1. The maximum Gasteiger partial charge on any atom is 0.181 e. The Balaban J connectivity index is 1.79. The van der Waals surface area contributed by atoms with Crippen LogP contribution in [0.15, 0.2) is 48.7 Å². The number of rotatable bonds is 5. The Morgan fingerprint density at radius 3 is 2.75 bits per heavy atom. The highest BCUT2D eigenvalue weighted by atomic mass is 35.5. The number of nitrogens with one attached hydrogen (secondary N) is 1. The van der Waals surface area contributed by atoms with Gasteiger partial charge in [0.25, 0.3) is 0 Å². The molecule has 1 heterocycles. The fourth-order valence-corrected chi connectivity index (χ4v) is 2.18. The number of tetrazole rings is 1. The molecule has 0 saturated heterocycles. The van der Waals surface area contributed by atoms with Gasteiger partial charge in [0.05, 0.1) is 23.5 Å². The van der Waals surface area contributed by atoms with Crippen molar-refractivity contribution in [2.75, 3.05) is 12.4 Å². The summed E-state index contributed by atoms with van der Waals surface area (Å²) in [6.45, 7) is 0. The Hall–Kier alpha value is -2.93. The van der Waals surface area contributed by atoms with Gasteiger partial charge in [0.15, 0.2) is 5.82 Å². The lowest BCUT2D eigenvalue weighted by Crippen LogP contribution is -2.00. The molecule has 3 aromatic rings. The quantitative estimate of drug-likeness (QED) is 0.766. The van der Waals surface area contributed by atoms with Gasteiger partial charge in [-0.05, 0) is 46.8 Å². The van der Waals surface area contributed by atoms with Crippen molar-refractivity contribution in [2.45, 2.75) is 0 Å². The fourth-order valence-electron chi connectivity index (χ4n) is 2.01. The average Bonchev–Trinajstić information content (AvgIpc) is 3.06. The second-order valence-corrected chi connectivity index (χ2v) is 5.16. The van der Waals surface area contributed by atoms with E-state index in [0.717, 1.165) is 0 Å². The molecule has 122 valence electrons. The van der Waals surface area contributed by atoms with Gasteiger partial charge in [0.2, 0.25) is 0 Å². The van der Waals surface area contributed by atoms with Crippen LogP contribution in [0.1, 0.15) is 5.82 Å². The molecule has 1 aromatic heterocycles. The van der Waals surface area contributed by atoms with E-state index < -0.39 is 0 Å². The maximum atomic E-state index is 13.0. The highest BCUT2D eigenvalue weighted by Crippen LogP contribution is 2.26. The third-order valence-electron chi connectivity index (χ3n) is 3.21. The Bertz CT molecular complexity index is 863. The summed E-state index contributed by atoms with van der Waals surface area (Å²) >= 11 is 6.12. The van der Waals surface area contributed by atoms with Crippen molar-refractivity contribution in [1.82, 2.24) is 20.2 Å². The van der Waals surface area contributed by atoms with Gasteiger partial charge in [-0.2, -0.15) is 4.68 Å². The summed E-state index contributed by atoms with van der Waals surface area (Å²) in [6, 6.07) is 11.2. The molecule has 24 heavy (non-hydrogen) atoms. The molecule has 0 saturated carbocycles. The lowest BCUT2D eigenvalue weighted by molar-refractivity contribution is 0.415. The molecule has 2 aromatic carbocycles. The molecule has 0 radical (unpaired) electrons. The van der Waals surface area contributed by atoms with Crippen LogP contribution in [-0.2, 0) is 0 Å². The van der Waals surface area contributed by atoms with E-state index in [9.17, 15) is 4.39 Å². The molecule has 0 aliphatic carbocycles. The second-order valence-electron chi connectivity index (χ2n) is 4.75. The molecule has 0 fully saturated rings. The van der Waals surface area contributed by atoms with Gasteiger partial charge in [-0.3, -0.25) is 0 Å². The summed E-state index contributed by atoms with van der Waals surface area (Å²) in [5, 5.41) is 15.1. The Morgan fingerprint density at radius 2 is 2.00 bits per heavy atom. The minimum atomic E-state index is -0.321. The predicted molar refractivity (Wildman–Crippen MR) is 89.8 cm³/mol. The first-order chi connectivity index (χ1) is 11.7. The van der Waals surface area contributed by atoms with Gasteiger partial charge in [0, 0.05) is 18.3 Å². The topological polar surface area (TPSA) is 64.9 Å². The Morgan fingerprint density at radius 1 is 1.21 bits per heavy atom. The Kier molecular flexibility index (Phi) is 4.72. The van der Waals surface area contributed by atoms with Gasteiger partial charge in [0.1, 0.15) is 11.6 Å². The minimum Gasteiger partial charge on any atom is -0.497 e. The van der Waals surface area contributed by atoms with Gasteiger partial charge < -0.3 is 10.1 Å². The number of ether oxygens (including phenoxy) is 1. The summed E-state index contributed by atoms with van der Waals surface area (Å²) < 4.78 is 19.7. The monoisotopic (exact) mass is 345 g/mol. The lowest BCUT2D eigenvalue weighted by Gasteiger charge is -2.06. The van der Waals surface area contributed by atoms with Gasteiger partial charge in [-0.25, -0.2) is 4.39 Å². The summed E-state index contributed by atoms with van der Waals surface area (Å²) in [7, 11) is 1.58. The van der Waals surface area contributed by atoms with Crippen molar-refractivity contribution in [3.8, 4) is 11.4 Å². The highest BCUT2D eigenvalue weighted by Gasteiger charge is 2.06. The summed E-state index contributed by atoms with van der Waals surface area (Å²) in [5.74, 6) is 0.845. The molecule has 1 N–H and O–H groups in total. The van der Waals surface area contributed by atoms with Gasteiger partial charge >= 0.3 is 0 Å². The third-order valence-corrected chi connectivity index (χ3v) is 3.54. The van der Waals surface area contributed by atoms with Crippen LogP contribution in [0.3, 0.4) is 0 Å². The van der Waals surface area contributed by atoms with Crippen molar-refractivity contribution in [1.29, 1.82) is 0 Å². The zero-order valence-corrected chi connectivity index (χ0v) is 13.4. The number of methoxy groups -OCH3 is 1. The molecule has 0 aliphatic heterocycles. The van der Waals surface area contributed by atoms with Crippen LogP contribution in [0.5, 0.6) is 5.75 Å². The largest absolute Gasteiger partial charge is 0.497 e. The zero-order valence-electron chi connectivity index (χ0n) is 12.6. The van der Waals surface area contributed by atoms with E-state index in [0.29, 0.717) is 28.0 Å². The first kappa shape index (κ1) is 15.9. The number of aromatic nitrogens is 4. The molecular formula is C16H13ClFN5O. The molecule has 3 rings (SSSR count). The summed E-state index contributed by atoms with van der Waals surface area (Å²) in [4.78, 5) is 0. The number of halogens is 2. The van der Waals surface area contributed by atoms with Crippen LogP contribution in [-0.4, -0.2) is 27.3 Å². The number of hydrogen-bond donors (Lipinski definition) is 1. The van der Waals surface area contributed by atoms with Crippen molar-refractivity contribution >= 4 is 23.4 Å². The van der Waals surface area contributed by atoms with Crippen LogP contribution in [0.4, 0.5) is 10.1 Å². The molecule has 0 unspecified atom stereocenters. The number of nitrogens with zero attached hydrogens (tertiary/aromatic N) is 4. The normalized spacial score (nSPS) is 11.0. The average molecular weight is 346 g/mol. The van der Waals surface area contributed by atoms with E-state index in [1.54, 1.807) is 49.7 Å². The van der Waals surface area contributed by atoms with E-state index >= 15 is 0 Å². The zero-order chi connectivity index (χ0) is 16.9. The first-order valence-corrected chi connectivity index (χ1v) is 7.36. The smallest absolute Gasteiger partial charge is 0.181 e. The third kappa shape index (κ3) is 3.52. The van der Waals surface area contributed by atoms with E-state index in [-0.39, 0.29) is 5.82 Å². The molecule has 0 atom stereocenters. The first-order valence-electron chi connectivity index (χ1n) is 6.98. The van der Waals surface area contributed by atoms with E-state index in [1.165, 1.54) is 16.8 Å². The van der Waals surface area contributed by atoms with E-state index in [4.69, 9.17) is 16.3 Å². The molecule has 6 nitrogen and oxygen atoms in total. The summed E-state index contributed by atoms with van der Waals surface area (Å²) in [5.41, 5.74) is 1.34.